The molecule has 9 heteroatoms. The number of amides is 3. The first kappa shape index (κ1) is 23.6. The van der Waals surface area contributed by atoms with Crippen molar-refractivity contribution < 1.29 is 27.5 Å². The fourth-order valence-corrected chi connectivity index (χ4v) is 3.49. The van der Waals surface area contributed by atoms with Gasteiger partial charge in [0.2, 0.25) is 5.91 Å². The molecular weight excluding hydrogens is 423 g/mol. The van der Waals surface area contributed by atoms with Crippen molar-refractivity contribution >= 4 is 11.9 Å². The summed E-state index contributed by atoms with van der Waals surface area (Å²) in [5, 5.41) is 5.44. The van der Waals surface area contributed by atoms with Crippen LogP contribution in [0.15, 0.2) is 54.6 Å². The van der Waals surface area contributed by atoms with Gasteiger partial charge in [0.25, 0.3) is 0 Å². The molecule has 0 radical (unpaired) electrons. The second kappa shape index (κ2) is 10.5. The molecule has 2 unspecified atom stereocenters. The summed E-state index contributed by atoms with van der Waals surface area (Å²) in [5.74, 6) is -0.200. The highest BCUT2D eigenvalue weighted by Crippen LogP contribution is 2.29. The lowest BCUT2D eigenvalue weighted by molar-refractivity contribution is -0.138. The lowest BCUT2D eigenvalue weighted by Crippen LogP contribution is -2.54. The molecule has 3 amide bonds. The van der Waals surface area contributed by atoms with E-state index in [0.29, 0.717) is 38.3 Å². The van der Waals surface area contributed by atoms with Crippen molar-refractivity contribution in [1.82, 2.24) is 15.5 Å². The number of carbonyl (C=O) groups is 2. The van der Waals surface area contributed by atoms with E-state index in [4.69, 9.17) is 4.74 Å². The SMILES string of the molecule is CC(NC(=O)NC(Cc1ccccc1)C(=O)N1CCOCC1)c1ccc(C(F)(F)F)cc1. The van der Waals surface area contributed by atoms with E-state index in [9.17, 15) is 22.8 Å². The van der Waals surface area contributed by atoms with Gasteiger partial charge in [0, 0.05) is 19.5 Å². The second-order valence-corrected chi connectivity index (χ2v) is 7.64. The van der Waals surface area contributed by atoms with E-state index in [1.807, 2.05) is 30.3 Å². The number of hydrogen-bond donors (Lipinski definition) is 2. The number of nitrogens with one attached hydrogen (secondary N) is 2. The molecule has 2 aromatic carbocycles. The summed E-state index contributed by atoms with van der Waals surface area (Å²) >= 11 is 0. The third-order valence-corrected chi connectivity index (χ3v) is 5.29. The van der Waals surface area contributed by atoms with Crippen LogP contribution < -0.4 is 10.6 Å². The smallest absolute Gasteiger partial charge is 0.378 e. The Bertz CT molecular complexity index is 898. The molecule has 0 spiro atoms. The molecular formula is C23H26F3N3O3. The van der Waals surface area contributed by atoms with Crippen LogP contribution in [0, 0.1) is 0 Å². The van der Waals surface area contributed by atoms with Crippen LogP contribution in [-0.2, 0) is 22.1 Å². The van der Waals surface area contributed by atoms with E-state index in [-0.39, 0.29) is 5.91 Å². The molecule has 0 bridgehead atoms. The highest BCUT2D eigenvalue weighted by atomic mass is 19.4. The summed E-state index contributed by atoms with van der Waals surface area (Å²) in [4.78, 5) is 27.4. The molecule has 2 atom stereocenters. The molecule has 1 saturated heterocycles. The lowest BCUT2D eigenvalue weighted by Gasteiger charge is -2.31. The maximum absolute atomic E-state index is 13.0. The molecule has 0 aliphatic carbocycles. The predicted molar refractivity (Wildman–Crippen MR) is 113 cm³/mol. The highest BCUT2D eigenvalue weighted by molar-refractivity contribution is 5.87. The van der Waals surface area contributed by atoms with Gasteiger partial charge in [-0.05, 0) is 30.2 Å². The van der Waals surface area contributed by atoms with Gasteiger partial charge in [0.15, 0.2) is 0 Å². The minimum atomic E-state index is -4.42. The van der Waals surface area contributed by atoms with Crippen molar-refractivity contribution in [3.8, 4) is 0 Å². The molecule has 1 aliphatic heterocycles. The number of hydrogen-bond acceptors (Lipinski definition) is 3. The Hall–Kier alpha value is -3.07. The molecule has 3 rings (SSSR count). The Balaban J connectivity index is 1.66. The van der Waals surface area contributed by atoms with E-state index in [2.05, 4.69) is 10.6 Å². The molecule has 2 aromatic rings. The number of morpholine rings is 1. The van der Waals surface area contributed by atoms with Gasteiger partial charge in [-0.1, -0.05) is 42.5 Å². The Kier molecular flexibility index (Phi) is 7.74. The van der Waals surface area contributed by atoms with Crippen molar-refractivity contribution in [2.24, 2.45) is 0 Å². The highest BCUT2D eigenvalue weighted by Gasteiger charge is 2.30. The van der Waals surface area contributed by atoms with Gasteiger partial charge in [-0.25, -0.2) is 4.79 Å². The average Bonchev–Trinajstić information content (AvgIpc) is 2.79. The first-order valence-corrected chi connectivity index (χ1v) is 10.4. The Morgan fingerprint density at radius 3 is 2.22 bits per heavy atom. The molecule has 0 aromatic heterocycles. The Morgan fingerprint density at radius 2 is 1.62 bits per heavy atom. The molecule has 1 aliphatic rings. The number of benzene rings is 2. The number of carbonyl (C=O) groups excluding carboxylic acids is 2. The van der Waals surface area contributed by atoms with Gasteiger partial charge in [0.05, 0.1) is 24.8 Å². The second-order valence-electron chi connectivity index (χ2n) is 7.64. The predicted octanol–water partition coefficient (Wildman–Crippen LogP) is 3.54. The zero-order valence-corrected chi connectivity index (χ0v) is 17.7. The molecule has 32 heavy (non-hydrogen) atoms. The van der Waals surface area contributed by atoms with Crippen LogP contribution in [0.2, 0.25) is 0 Å². The van der Waals surface area contributed by atoms with E-state index in [1.54, 1.807) is 11.8 Å². The van der Waals surface area contributed by atoms with Crippen molar-refractivity contribution in [3.05, 3.63) is 71.3 Å². The van der Waals surface area contributed by atoms with Gasteiger partial charge in [-0.3, -0.25) is 4.79 Å². The first-order chi connectivity index (χ1) is 15.2. The summed E-state index contributed by atoms with van der Waals surface area (Å²) in [7, 11) is 0. The number of alkyl halides is 3. The average molecular weight is 449 g/mol. The zero-order valence-electron chi connectivity index (χ0n) is 17.7. The van der Waals surface area contributed by atoms with Crippen molar-refractivity contribution in [3.63, 3.8) is 0 Å². The molecule has 172 valence electrons. The molecule has 2 N–H and O–H groups in total. The van der Waals surface area contributed by atoms with Gasteiger partial charge in [-0.15, -0.1) is 0 Å². The van der Waals surface area contributed by atoms with Crippen LogP contribution in [0.1, 0.15) is 29.7 Å². The third kappa shape index (κ3) is 6.46. The summed E-state index contributed by atoms with van der Waals surface area (Å²) in [6.45, 7) is 3.46. The largest absolute Gasteiger partial charge is 0.416 e. The van der Waals surface area contributed by atoms with Crippen LogP contribution in [-0.4, -0.2) is 49.2 Å². The molecule has 1 fully saturated rings. The van der Waals surface area contributed by atoms with Crippen LogP contribution in [0.4, 0.5) is 18.0 Å². The fourth-order valence-electron chi connectivity index (χ4n) is 3.49. The molecule has 1 heterocycles. The summed E-state index contributed by atoms with van der Waals surface area (Å²) < 4.78 is 43.6. The van der Waals surface area contributed by atoms with Crippen LogP contribution in [0.5, 0.6) is 0 Å². The van der Waals surface area contributed by atoms with E-state index in [1.165, 1.54) is 12.1 Å². The zero-order chi connectivity index (χ0) is 23.1. The topological polar surface area (TPSA) is 70.7 Å². The van der Waals surface area contributed by atoms with Gasteiger partial charge in [0.1, 0.15) is 6.04 Å². The van der Waals surface area contributed by atoms with Gasteiger partial charge in [-0.2, -0.15) is 13.2 Å². The number of halogens is 3. The maximum atomic E-state index is 13.0. The summed E-state index contributed by atoms with van der Waals surface area (Å²) in [5.41, 5.74) is 0.666. The van der Waals surface area contributed by atoms with E-state index < -0.39 is 29.9 Å². The number of rotatable bonds is 6. The van der Waals surface area contributed by atoms with Gasteiger partial charge >= 0.3 is 12.2 Å². The third-order valence-electron chi connectivity index (χ3n) is 5.29. The first-order valence-electron chi connectivity index (χ1n) is 10.4. The summed E-state index contributed by atoms with van der Waals surface area (Å²) in [6, 6.07) is 12.1. The number of nitrogens with zero attached hydrogens (tertiary/aromatic N) is 1. The minimum Gasteiger partial charge on any atom is -0.378 e. The lowest BCUT2D eigenvalue weighted by atomic mass is 10.0. The molecule has 0 saturated carbocycles. The van der Waals surface area contributed by atoms with Crippen molar-refractivity contribution in [2.75, 3.05) is 26.3 Å². The Morgan fingerprint density at radius 1 is 1.00 bits per heavy atom. The van der Waals surface area contributed by atoms with Crippen LogP contribution >= 0.6 is 0 Å². The maximum Gasteiger partial charge on any atom is 0.416 e. The van der Waals surface area contributed by atoms with E-state index in [0.717, 1.165) is 17.7 Å². The number of ether oxygens (including phenoxy) is 1. The monoisotopic (exact) mass is 449 g/mol. The molecule has 6 nitrogen and oxygen atoms in total. The van der Waals surface area contributed by atoms with Crippen LogP contribution in [0.25, 0.3) is 0 Å². The normalized spacial score (nSPS) is 16.2. The fraction of sp³-hybridized carbons (Fsp3) is 0.391. The quantitative estimate of drug-likeness (QED) is 0.709. The summed E-state index contributed by atoms with van der Waals surface area (Å²) in [6.07, 6.45) is -4.10. The van der Waals surface area contributed by atoms with Crippen molar-refractivity contribution in [2.45, 2.75) is 31.6 Å². The van der Waals surface area contributed by atoms with Crippen LogP contribution in [0.3, 0.4) is 0 Å². The Labute approximate surface area is 184 Å². The number of urea groups is 1. The van der Waals surface area contributed by atoms with E-state index >= 15 is 0 Å². The minimum absolute atomic E-state index is 0.200. The standard InChI is InChI=1S/C23H26F3N3O3/c1-16(18-7-9-19(10-8-18)23(24,25)26)27-22(31)28-20(15-17-5-3-2-4-6-17)21(30)29-11-13-32-14-12-29/h2-10,16,20H,11-15H2,1H3,(H2,27,28,31). The van der Waals surface area contributed by atoms with Crippen molar-refractivity contribution in [1.29, 1.82) is 0 Å². The van der Waals surface area contributed by atoms with Gasteiger partial charge < -0.3 is 20.3 Å².